The van der Waals surface area contributed by atoms with Crippen LogP contribution in [-0.2, 0) is 31.5 Å². The maximum absolute atomic E-state index is 13.1. The first-order valence-electron chi connectivity index (χ1n) is 7.37. The highest BCUT2D eigenvalue weighted by Crippen LogP contribution is 2.35. The molecule has 0 radical (unpaired) electrons. The molecule has 2 atom stereocenters. The van der Waals surface area contributed by atoms with Crippen molar-refractivity contribution in [2.24, 2.45) is 0 Å². The molecule has 1 aliphatic heterocycles. The van der Waals surface area contributed by atoms with Crippen LogP contribution in [0, 0.1) is 0 Å². The number of hydrogen-bond acceptors (Lipinski definition) is 4. The number of alkyl halides is 6. The molecule has 0 aliphatic carbocycles. The molecule has 2 rings (SSSR count). The van der Waals surface area contributed by atoms with Gasteiger partial charge in [0.05, 0.1) is 35.1 Å². The second-order valence-electron chi connectivity index (χ2n) is 5.92. The van der Waals surface area contributed by atoms with Crippen LogP contribution in [0.4, 0.5) is 32.0 Å². The number of halogens is 6. The zero-order chi connectivity index (χ0) is 19.8. The molecule has 4 nitrogen and oxygen atoms in total. The van der Waals surface area contributed by atoms with Gasteiger partial charge in [-0.1, -0.05) is 0 Å². The molecule has 26 heavy (non-hydrogen) atoms. The van der Waals surface area contributed by atoms with Crippen molar-refractivity contribution in [1.29, 1.82) is 0 Å². The van der Waals surface area contributed by atoms with Crippen molar-refractivity contribution in [2.45, 2.75) is 25.1 Å². The summed E-state index contributed by atoms with van der Waals surface area (Å²) >= 11 is 0. The predicted octanol–water partition coefficient (Wildman–Crippen LogP) is 3.25. The van der Waals surface area contributed by atoms with Gasteiger partial charge in [-0.2, -0.15) is 26.3 Å². The summed E-state index contributed by atoms with van der Waals surface area (Å²) in [6, 6.07) is 2.85. The van der Waals surface area contributed by atoms with Gasteiger partial charge in [0.25, 0.3) is 0 Å². The quantitative estimate of drug-likeness (QED) is 0.570. The molecule has 0 spiro atoms. The van der Waals surface area contributed by atoms with Gasteiger partial charge in [-0.15, -0.1) is 0 Å². The molecule has 11 heteroatoms. The van der Waals surface area contributed by atoms with Gasteiger partial charge in [0.2, 0.25) is 0 Å². The molecule has 2 unspecified atom stereocenters. The summed E-state index contributed by atoms with van der Waals surface area (Å²) in [5.74, 6) is 3.24. The second kappa shape index (κ2) is 7.28. The maximum Gasteiger partial charge on any atom is 0.416 e. The first-order valence-corrected chi connectivity index (χ1v) is 9.43. The molecule has 0 saturated carbocycles. The lowest BCUT2D eigenvalue weighted by Crippen LogP contribution is -2.49. The van der Waals surface area contributed by atoms with Crippen molar-refractivity contribution in [1.82, 2.24) is 0 Å². The minimum Gasteiger partial charge on any atom is -0.366 e. The molecule has 1 heterocycles. The Kier molecular flexibility index (Phi) is 5.83. The fourth-order valence-electron chi connectivity index (χ4n) is 2.38. The number of ether oxygens (including phenoxy) is 1. The van der Waals surface area contributed by atoms with Crippen LogP contribution >= 0.6 is 0 Å². The van der Waals surface area contributed by atoms with E-state index in [2.05, 4.69) is 10.6 Å². The summed E-state index contributed by atoms with van der Waals surface area (Å²) in [7, 11) is -2.90. The zero-order valence-electron chi connectivity index (χ0n) is 13.7. The van der Waals surface area contributed by atoms with Crippen LogP contribution in [0.1, 0.15) is 11.1 Å². The molecule has 1 aromatic carbocycles. The zero-order valence-corrected chi connectivity index (χ0v) is 14.5. The van der Waals surface area contributed by atoms with Crippen LogP contribution in [0.5, 0.6) is 0 Å². The van der Waals surface area contributed by atoms with Gasteiger partial charge < -0.3 is 9.64 Å². The number of hydrogen-bond donors (Lipinski definition) is 0. The van der Waals surface area contributed by atoms with Gasteiger partial charge in [-0.05, 0) is 29.6 Å². The van der Waals surface area contributed by atoms with Gasteiger partial charge in [-0.25, -0.2) is 4.21 Å². The minimum absolute atomic E-state index is 0.00798. The molecule has 1 saturated heterocycles. The van der Waals surface area contributed by atoms with Crippen LogP contribution in [0.3, 0.4) is 0 Å². The first-order chi connectivity index (χ1) is 11.8. The highest BCUT2D eigenvalue weighted by molar-refractivity contribution is 7.95. The van der Waals surface area contributed by atoms with Crippen LogP contribution < -0.4 is 4.90 Å². The molecule has 148 valence electrons. The van der Waals surface area contributed by atoms with E-state index in [1.807, 2.05) is 0 Å². The fourth-order valence-corrected chi connectivity index (χ4v) is 2.76. The molecule has 1 fully saturated rings. The van der Waals surface area contributed by atoms with E-state index in [0.29, 0.717) is 0 Å². The average molecular weight is 405 g/mol. The van der Waals surface area contributed by atoms with Crippen LogP contribution in [0.2, 0.25) is 0 Å². The number of rotatable bonds is 4. The third-order valence-corrected chi connectivity index (χ3v) is 4.19. The van der Waals surface area contributed by atoms with Crippen LogP contribution in [0.25, 0.3) is 0 Å². The van der Waals surface area contributed by atoms with Crippen LogP contribution in [0.15, 0.2) is 18.2 Å². The Hall–Kier alpha value is -1.46. The normalized spacial score (nSPS) is 21.5. The summed E-state index contributed by atoms with van der Waals surface area (Å²) in [5, 5.41) is 0. The van der Waals surface area contributed by atoms with Crippen LogP contribution in [-0.4, -0.2) is 48.3 Å². The first kappa shape index (κ1) is 20.8. The molecular weight excluding hydrogens is 388 g/mol. The molecule has 0 N–H and O–H groups in total. The van der Waals surface area contributed by atoms with Gasteiger partial charge in [0, 0.05) is 18.5 Å². The van der Waals surface area contributed by atoms with Gasteiger partial charge in [-0.3, -0.25) is 4.18 Å². The molecule has 1 aliphatic rings. The Morgan fingerprint density at radius 2 is 1.92 bits per heavy atom. The Morgan fingerprint density at radius 1 is 1.27 bits per heavy atom. The van der Waals surface area contributed by atoms with Crippen molar-refractivity contribution in [3.8, 4) is 0 Å². The second-order valence-corrected chi connectivity index (χ2v) is 8.01. The SMILES string of the molecule is C=S(C)(=O)OCc1cc(N2CCOC(C(F)(F)F)C2)cc(C(F)(F)F)c1. The van der Waals surface area contributed by atoms with Crippen molar-refractivity contribution >= 4 is 21.4 Å². The molecule has 0 bridgehead atoms. The van der Waals surface area contributed by atoms with E-state index in [0.717, 1.165) is 12.1 Å². The number of benzene rings is 1. The summed E-state index contributed by atoms with van der Waals surface area (Å²) in [5.41, 5.74) is -1.04. The van der Waals surface area contributed by atoms with E-state index in [1.54, 1.807) is 0 Å². The summed E-state index contributed by atoms with van der Waals surface area (Å²) in [4.78, 5) is 1.17. The fraction of sp³-hybridized carbons (Fsp3) is 0.533. The number of anilines is 1. The third-order valence-electron chi connectivity index (χ3n) is 3.58. The Labute approximate surface area is 146 Å². The highest BCUT2D eigenvalue weighted by Gasteiger charge is 2.43. The molecule has 1 aromatic rings. The van der Waals surface area contributed by atoms with Crippen molar-refractivity contribution in [3.63, 3.8) is 0 Å². The molecular formula is C15H17F6NO3S. The van der Waals surface area contributed by atoms with Crippen molar-refractivity contribution in [2.75, 3.05) is 30.9 Å². The smallest absolute Gasteiger partial charge is 0.366 e. The van der Waals surface area contributed by atoms with Gasteiger partial charge in [0.15, 0.2) is 6.10 Å². The minimum atomic E-state index is -4.70. The largest absolute Gasteiger partial charge is 0.416 e. The topological polar surface area (TPSA) is 38.8 Å². The number of morpholine rings is 1. The number of nitrogens with zero attached hydrogens (tertiary/aromatic N) is 1. The predicted molar refractivity (Wildman–Crippen MR) is 85.4 cm³/mol. The average Bonchev–Trinajstić information content (AvgIpc) is 2.50. The summed E-state index contributed by atoms with van der Waals surface area (Å²) < 4.78 is 98.9. The third kappa shape index (κ3) is 5.78. The van der Waals surface area contributed by atoms with E-state index in [4.69, 9.17) is 4.18 Å². The van der Waals surface area contributed by atoms with E-state index in [1.165, 1.54) is 17.2 Å². The Morgan fingerprint density at radius 3 is 2.46 bits per heavy atom. The van der Waals surface area contributed by atoms with E-state index < -0.39 is 47.0 Å². The van der Waals surface area contributed by atoms with E-state index >= 15 is 0 Å². The standard InChI is InChI=1S/C15H17F6NO3S/c1-26(2,23)25-9-10-5-11(14(16,17)18)7-12(6-10)22-3-4-24-13(8-22)15(19,20)21/h5-7,13H,1,3-4,8-9H2,2H3. The monoisotopic (exact) mass is 405 g/mol. The van der Waals surface area contributed by atoms with Crippen molar-refractivity contribution in [3.05, 3.63) is 29.3 Å². The van der Waals surface area contributed by atoms with E-state index in [-0.39, 0.29) is 24.4 Å². The summed E-state index contributed by atoms with van der Waals surface area (Å²) in [6.07, 6.45) is -10.2. The lowest BCUT2D eigenvalue weighted by Gasteiger charge is -2.35. The lowest BCUT2D eigenvalue weighted by atomic mass is 10.1. The Balaban J connectivity index is 2.34. The van der Waals surface area contributed by atoms with Crippen molar-refractivity contribution < 1.29 is 39.5 Å². The molecule has 0 aromatic heterocycles. The maximum atomic E-state index is 13.1. The highest BCUT2D eigenvalue weighted by atomic mass is 32.2. The summed E-state index contributed by atoms with van der Waals surface area (Å²) in [6.45, 7) is -1.30. The Bertz CT molecular complexity index is 745. The molecule has 0 amide bonds. The van der Waals surface area contributed by atoms with Gasteiger partial charge in [0.1, 0.15) is 0 Å². The van der Waals surface area contributed by atoms with E-state index in [9.17, 15) is 30.6 Å². The lowest BCUT2D eigenvalue weighted by molar-refractivity contribution is -0.221. The van der Waals surface area contributed by atoms with Gasteiger partial charge >= 0.3 is 12.4 Å².